The molecule has 9 heteroatoms. The first-order valence-corrected chi connectivity index (χ1v) is 9.32. The highest BCUT2D eigenvalue weighted by atomic mass is 35.5. The van der Waals surface area contributed by atoms with Crippen molar-refractivity contribution in [2.24, 2.45) is 5.92 Å². The first-order valence-electron chi connectivity index (χ1n) is 8.94. The molecule has 3 rings (SSSR count). The number of carbonyl (C=O) groups is 2. The molecule has 29 heavy (non-hydrogen) atoms. The second-order valence-corrected chi connectivity index (χ2v) is 7.07. The predicted molar refractivity (Wildman–Crippen MR) is 109 cm³/mol. The summed E-state index contributed by atoms with van der Waals surface area (Å²) in [4.78, 5) is 26.0. The molecule has 3 aromatic rings. The smallest absolute Gasteiger partial charge is 0.337 e. The summed E-state index contributed by atoms with van der Waals surface area (Å²) in [6.07, 6.45) is 0. The maximum atomic E-state index is 13.0. The van der Waals surface area contributed by atoms with E-state index < -0.39 is 12.0 Å². The third-order valence-corrected chi connectivity index (χ3v) is 4.58. The van der Waals surface area contributed by atoms with Gasteiger partial charge in [-0.1, -0.05) is 55.8 Å². The number of aromatic nitrogens is 4. The molecule has 0 radical (unpaired) electrons. The van der Waals surface area contributed by atoms with Crippen molar-refractivity contribution in [3.63, 3.8) is 0 Å². The summed E-state index contributed by atoms with van der Waals surface area (Å²) in [6.45, 7) is 3.75. The molecule has 0 fully saturated rings. The topological polar surface area (TPSA) is 99.0 Å². The monoisotopic (exact) mass is 413 g/mol. The van der Waals surface area contributed by atoms with Crippen LogP contribution in [-0.2, 0) is 9.53 Å². The van der Waals surface area contributed by atoms with E-state index in [1.165, 1.54) is 30.1 Å². The summed E-state index contributed by atoms with van der Waals surface area (Å²) in [5.74, 6) is -0.603. The lowest BCUT2D eigenvalue weighted by molar-refractivity contribution is -0.121. The number of benzene rings is 2. The third-order valence-electron chi connectivity index (χ3n) is 4.25. The summed E-state index contributed by atoms with van der Waals surface area (Å²) in [5, 5.41) is 15.5. The molecule has 0 bridgehead atoms. The Kier molecular flexibility index (Phi) is 6.23. The predicted octanol–water partition coefficient (Wildman–Crippen LogP) is 3.62. The zero-order valence-electron chi connectivity index (χ0n) is 16.2. The van der Waals surface area contributed by atoms with Gasteiger partial charge in [0.25, 0.3) is 5.91 Å². The van der Waals surface area contributed by atoms with Crippen molar-refractivity contribution in [3.8, 4) is 11.4 Å². The Labute approximate surface area is 172 Å². The summed E-state index contributed by atoms with van der Waals surface area (Å²) in [5.41, 5.74) is 1.38. The molecule has 1 aromatic heterocycles. The first kappa shape index (κ1) is 20.5. The third kappa shape index (κ3) is 4.60. The molecular weight excluding hydrogens is 394 g/mol. The number of hydrogen-bond donors (Lipinski definition) is 1. The Morgan fingerprint density at radius 2 is 1.86 bits per heavy atom. The van der Waals surface area contributed by atoms with Gasteiger partial charge in [0.15, 0.2) is 6.04 Å². The van der Waals surface area contributed by atoms with Gasteiger partial charge in [0, 0.05) is 5.56 Å². The molecule has 1 atom stereocenters. The number of ether oxygens (including phenoxy) is 1. The van der Waals surface area contributed by atoms with E-state index in [1.807, 2.05) is 44.2 Å². The fraction of sp³-hybridized carbons (Fsp3) is 0.250. The second kappa shape index (κ2) is 8.83. The number of esters is 1. The SMILES string of the molecule is COC(=O)c1ccc(Cl)c(NC(=O)C(C(C)C)n2nnc(-c3ccccc3)n2)c1. The minimum absolute atomic E-state index is 0.129. The van der Waals surface area contributed by atoms with Crippen LogP contribution in [0.1, 0.15) is 30.2 Å². The standard InChI is InChI=1S/C20H20ClN5O3/c1-12(2)17(26-24-18(23-25-26)13-7-5-4-6-8-13)19(27)22-16-11-14(20(28)29-3)9-10-15(16)21/h4-12,17H,1-3H3,(H,22,27). The van der Waals surface area contributed by atoms with Gasteiger partial charge in [-0.05, 0) is 29.3 Å². The van der Waals surface area contributed by atoms with Crippen molar-refractivity contribution >= 4 is 29.2 Å². The Morgan fingerprint density at radius 1 is 1.14 bits per heavy atom. The molecule has 1 heterocycles. The average Bonchev–Trinajstić information content (AvgIpc) is 3.19. The van der Waals surface area contributed by atoms with Gasteiger partial charge in [-0.25, -0.2) is 4.79 Å². The number of carbonyl (C=O) groups excluding carboxylic acids is 2. The van der Waals surface area contributed by atoms with Crippen molar-refractivity contribution in [2.75, 3.05) is 12.4 Å². The van der Waals surface area contributed by atoms with Crippen LogP contribution in [-0.4, -0.2) is 39.2 Å². The van der Waals surface area contributed by atoms with E-state index in [0.29, 0.717) is 16.5 Å². The molecule has 8 nitrogen and oxygen atoms in total. The minimum atomic E-state index is -0.724. The number of nitrogens with one attached hydrogen (secondary N) is 1. The molecule has 0 spiro atoms. The van der Waals surface area contributed by atoms with Crippen LogP contribution < -0.4 is 5.32 Å². The lowest BCUT2D eigenvalue weighted by atomic mass is 10.0. The highest BCUT2D eigenvalue weighted by molar-refractivity contribution is 6.33. The van der Waals surface area contributed by atoms with Gasteiger partial charge in [-0.3, -0.25) is 4.79 Å². The van der Waals surface area contributed by atoms with Gasteiger partial charge in [0.2, 0.25) is 5.82 Å². The zero-order chi connectivity index (χ0) is 21.0. The van der Waals surface area contributed by atoms with E-state index in [2.05, 4.69) is 20.7 Å². The van der Waals surface area contributed by atoms with E-state index in [-0.39, 0.29) is 17.4 Å². The Hall–Kier alpha value is -3.26. The first-order chi connectivity index (χ1) is 13.9. The highest BCUT2D eigenvalue weighted by Gasteiger charge is 2.28. The highest BCUT2D eigenvalue weighted by Crippen LogP contribution is 2.26. The Morgan fingerprint density at radius 3 is 2.52 bits per heavy atom. The van der Waals surface area contributed by atoms with Crippen LogP contribution in [0.25, 0.3) is 11.4 Å². The van der Waals surface area contributed by atoms with E-state index in [0.717, 1.165) is 5.56 Å². The lowest BCUT2D eigenvalue weighted by Crippen LogP contribution is -2.31. The van der Waals surface area contributed by atoms with Crippen LogP contribution >= 0.6 is 11.6 Å². The van der Waals surface area contributed by atoms with E-state index >= 15 is 0 Å². The van der Waals surface area contributed by atoms with Crippen molar-refractivity contribution in [1.82, 2.24) is 20.2 Å². The molecule has 1 unspecified atom stereocenters. The lowest BCUT2D eigenvalue weighted by Gasteiger charge is -2.19. The van der Waals surface area contributed by atoms with Crippen LogP contribution in [0.4, 0.5) is 5.69 Å². The van der Waals surface area contributed by atoms with Crippen LogP contribution in [0, 0.1) is 5.92 Å². The van der Waals surface area contributed by atoms with Gasteiger partial charge >= 0.3 is 5.97 Å². The number of halogens is 1. The minimum Gasteiger partial charge on any atom is -0.465 e. The molecule has 0 aliphatic rings. The summed E-state index contributed by atoms with van der Waals surface area (Å²) < 4.78 is 4.71. The van der Waals surface area contributed by atoms with Gasteiger partial charge < -0.3 is 10.1 Å². The van der Waals surface area contributed by atoms with E-state index in [1.54, 1.807) is 0 Å². The molecule has 0 saturated heterocycles. The number of rotatable bonds is 6. The van der Waals surface area contributed by atoms with Crippen LogP contribution in [0.5, 0.6) is 0 Å². The van der Waals surface area contributed by atoms with Crippen LogP contribution in [0.3, 0.4) is 0 Å². The quantitative estimate of drug-likeness (QED) is 0.619. The number of anilines is 1. The normalized spacial score (nSPS) is 11.9. The maximum Gasteiger partial charge on any atom is 0.337 e. The fourth-order valence-electron chi connectivity index (χ4n) is 2.79. The van der Waals surface area contributed by atoms with Crippen molar-refractivity contribution in [2.45, 2.75) is 19.9 Å². The van der Waals surface area contributed by atoms with Gasteiger partial charge in [0.1, 0.15) is 0 Å². The van der Waals surface area contributed by atoms with Crippen LogP contribution in [0.15, 0.2) is 48.5 Å². The molecule has 1 N–H and O–H groups in total. The molecule has 2 aromatic carbocycles. The number of hydrogen-bond acceptors (Lipinski definition) is 6. The van der Waals surface area contributed by atoms with Gasteiger partial charge in [-0.15, -0.1) is 10.2 Å². The van der Waals surface area contributed by atoms with Gasteiger partial charge in [0.05, 0.1) is 23.4 Å². The second-order valence-electron chi connectivity index (χ2n) is 6.66. The van der Waals surface area contributed by atoms with Crippen molar-refractivity contribution in [3.05, 3.63) is 59.1 Å². The van der Waals surface area contributed by atoms with E-state index in [9.17, 15) is 9.59 Å². The fourth-order valence-corrected chi connectivity index (χ4v) is 2.96. The molecule has 150 valence electrons. The van der Waals surface area contributed by atoms with E-state index in [4.69, 9.17) is 16.3 Å². The molecule has 1 amide bonds. The molecule has 0 aliphatic carbocycles. The maximum absolute atomic E-state index is 13.0. The number of amides is 1. The molecule has 0 aliphatic heterocycles. The number of methoxy groups -OCH3 is 1. The largest absolute Gasteiger partial charge is 0.465 e. The van der Waals surface area contributed by atoms with Crippen molar-refractivity contribution in [1.29, 1.82) is 0 Å². The zero-order valence-corrected chi connectivity index (χ0v) is 16.9. The number of nitrogens with zero attached hydrogens (tertiary/aromatic N) is 4. The van der Waals surface area contributed by atoms with Crippen LogP contribution in [0.2, 0.25) is 5.02 Å². The molecular formula is C20H20ClN5O3. The Bertz CT molecular complexity index is 1020. The van der Waals surface area contributed by atoms with Gasteiger partial charge in [-0.2, -0.15) is 4.80 Å². The summed E-state index contributed by atoms with van der Waals surface area (Å²) in [6, 6.07) is 13.2. The Balaban J connectivity index is 1.86. The molecule has 0 saturated carbocycles. The summed E-state index contributed by atoms with van der Waals surface area (Å²) in [7, 11) is 1.28. The number of tetrazole rings is 1. The average molecular weight is 414 g/mol. The van der Waals surface area contributed by atoms with Crippen molar-refractivity contribution < 1.29 is 14.3 Å². The summed E-state index contributed by atoms with van der Waals surface area (Å²) >= 11 is 6.19.